The highest BCUT2D eigenvalue weighted by molar-refractivity contribution is 5.72. The number of aromatic nitrogens is 4. The number of nitrogens with one attached hydrogen (secondary N) is 1. The van der Waals surface area contributed by atoms with E-state index in [-0.39, 0.29) is 36.0 Å². The Morgan fingerprint density at radius 1 is 1.25 bits per heavy atom. The van der Waals surface area contributed by atoms with Gasteiger partial charge in [-0.3, -0.25) is 14.3 Å². The van der Waals surface area contributed by atoms with Crippen LogP contribution in [0.25, 0.3) is 11.2 Å². The molecule has 3 aromatic rings. The number of hydrogen-bond donors (Lipinski definition) is 4. The average Bonchev–Trinajstić information content (AvgIpc) is 3.40. The number of hydrogen-bond acceptors (Lipinski definition) is 9. The van der Waals surface area contributed by atoms with Crippen LogP contribution in [-0.2, 0) is 20.8 Å². The molecular formula is C20H21N5O7. The van der Waals surface area contributed by atoms with Crippen LogP contribution in [0.15, 0.2) is 46.5 Å². The van der Waals surface area contributed by atoms with Gasteiger partial charge in [-0.15, -0.1) is 6.58 Å². The van der Waals surface area contributed by atoms with E-state index in [1.165, 1.54) is 27.3 Å². The Hall–Kier alpha value is -3.45. The zero-order valence-electron chi connectivity index (χ0n) is 16.7. The molecule has 32 heavy (non-hydrogen) atoms. The molecule has 0 amide bonds. The summed E-state index contributed by atoms with van der Waals surface area (Å²) in [6.45, 7) is 3.31. The van der Waals surface area contributed by atoms with E-state index in [1.54, 1.807) is 12.1 Å². The van der Waals surface area contributed by atoms with Crippen LogP contribution in [0.2, 0.25) is 0 Å². The maximum absolute atomic E-state index is 13.3. The largest absolute Gasteiger partial charge is 0.508 e. The van der Waals surface area contributed by atoms with Gasteiger partial charge in [0.25, 0.3) is 5.56 Å². The third kappa shape index (κ3) is 3.04. The summed E-state index contributed by atoms with van der Waals surface area (Å²) >= 11 is 0. The fourth-order valence-corrected chi connectivity index (χ4v) is 4.25. The number of phenolic OH excluding ortho intramolecular Hbond substituents is 1. The van der Waals surface area contributed by atoms with Gasteiger partial charge in [0.1, 0.15) is 24.1 Å². The molecule has 5 N–H and O–H groups in total. The van der Waals surface area contributed by atoms with E-state index >= 15 is 0 Å². The van der Waals surface area contributed by atoms with Gasteiger partial charge in [-0.2, -0.15) is 4.98 Å². The molecule has 2 unspecified atom stereocenters. The Morgan fingerprint density at radius 3 is 2.75 bits per heavy atom. The van der Waals surface area contributed by atoms with E-state index in [9.17, 15) is 19.8 Å². The number of phenols is 1. The third-order valence-corrected chi connectivity index (χ3v) is 5.57. The summed E-state index contributed by atoms with van der Waals surface area (Å²) in [5, 5.41) is 19.6. The number of benzene rings is 1. The monoisotopic (exact) mass is 443 g/mol. The van der Waals surface area contributed by atoms with Crippen molar-refractivity contribution in [2.75, 3.05) is 12.3 Å². The summed E-state index contributed by atoms with van der Waals surface area (Å²) in [7, 11) is 0. The van der Waals surface area contributed by atoms with Crippen LogP contribution in [0.5, 0.6) is 5.75 Å². The summed E-state index contributed by atoms with van der Waals surface area (Å²) in [5.41, 5.74) is 5.17. The van der Waals surface area contributed by atoms with E-state index < -0.39 is 42.1 Å². The minimum absolute atomic E-state index is 0.0140. The van der Waals surface area contributed by atoms with Gasteiger partial charge in [0.2, 0.25) is 5.95 Å². The van der Waals surface area contributed by atoms with Gasteiger partial charge in [-0.05, 0) is 12.1 Å². The number of aromatic hydroxyl groups is 1. The molecule has 168 valence electrons. The summed E-state index contributed by atoms with van der Waals surface area (Å²) < 4.78 is 20.3. The Kier molecular flexibility index (Phi) is 4.86. The summed E-state index contributed by atoms with van der Waals surface area (Å²) in [5.74, 6) is -0.123. The predicted octanol–water partition coefficient (Wildman–Crippen LogP) is -0.267. The van der Waals surface area contributed by atoms with Crippen LogP contribution in [-0.4, -0.2) is 54.2 Å². The van der Waals surface area contributed by atoms with Crippen molar-refractivity contribution in [1.82, 2.24) is 19.1 Å². The number of aliphatic hydroxyl groups is 1. The quantitative estimate of drug-likeness (QED) is 0.388. The van der Waals surface area contributed by atoms with E-state index in [0.29, 0.717) is 5.56 Å². The number of rotatable bonds is 5. The number of aliphatic hydroxyl groups excluding tert-OH is 1. The molecule has 2 aromatic heterocycles. The first kappa shape index (κ1) is 20.5. The van der Waals surface area contributed by atoms with Crippen molar-refractivity contribution in [3.05, 3.63) is 63.3 Å². The van der Waals surface area contributed by atoms with Crippen molar-refractivity contribution in [3.8, 4) is 5.75 Å². The molecule has 12 heteroatoms. The lowest BCUT2D eigenvalue weighted by Crippen LogP contribution is -2.34. The molecule has 12 nitrogen and oxygen atoms in total. The smallest absolute Gasteiger partial charge is 0.333 e. The molecule has 5 atom stereocenters. The number of imidazole rings is 1. The second kappa shape index (κ2) is 7.60. The normalized spacial score (nSPS) is 27.1. The van der Waals surface area contributed by atoms with Crippen molar-refractivity contribution < 1.29 is 24.4 Å². The number of nitrogens with zero attached hydrogens (tertiary/aromatic N) is 3. The molecule has 0 bridgehead atoms. The molecule has 0 saturated carbocycles. The SMILES string of the molecule is C=CCn1c(=O)n(C2O[C@H](CO)[C@H]3OC(c4cccc(O)c4)O[C@@H]23)c2nc(N)[nH]c(=O)c21. The number of aromatic amines is 1. The zero-order valence-corrected chi connectivity index (χ0v) is 16.7. The lowest BCUT2D eigenvalue weighted by Gasteiger charge is -2.20. The minimum atomic E-state index is -1.05. The first-order valence-corrected chi connectivity index (χ1v) is 9.90. The number of H-pyrrole nitrogens is 1. The number of nitrogen functional groups attached to an aromatic ring is 1. The highest BCUT2D eigenvalue weighted by Crippen LogP contribution is 2.44. The Balaban J connectivity index is 1.62. The maximum Gasteiger partial charge on any atom is 0.333 e. The van der Waals surface area contributed by atoms with Crippen molar-refractivity contribution in [3.63, 3.8) is 0 Å². The second-order valence-corrected chi connectivity index (χ2v) is 7.55. The Labute approximate surface area is 180 Å². The molecule has 2 aliphatic rings. The molecule has 5 rings (SSSR count). The van der Waals surface area contributed by atoms with Crippen LogP contribution < -0.4 is 17.0 Å². The minimum Gasteiger partial charge on any atom is -0.508 e. The summed E-state index contributed by atoms with van der Waals surface area (Å²) in [6, 6.07) is 6.39. The van der Waals surface area contributed by atoms with E-state index in [4.69, 9.17) is 19.9 Å². The van der Waals surface area contributed by atoms with Crippen LogP contribution in [0.4, 0.5) is 5.95 Å². The van der Waals surface area contributed by atoms with Crippen molar-refractivity contribution in [1.29, 1.82) is 0 Å². The Morgan fingerprint density at radius 2 is 2.03 bits per heavy atom. The van der Waals surface area contributed by atoms with Crippen molar-refractivity contribution in [2.45, 2.75) is 37.4 Å². The number of fused-ring (bicyclic) bond motifs is 2. The fraction of sp³-hybridized carbons (Fsp3) is 0.350. The standard InChI is InChI=1S/C20H21N5O7/c1-2-6-24-12-15(22-19(21)23-16(12)28)25(20(24)29)17-14-13(11(8-26)30-17)31-18(32-14)9-4-3-5-10(27)7-9/h2-5,7,11,13-14,17-18,26-27H,1,6,8H2,(H3,21,22,23,28)/t11-,13-,14-,17?,18?/m1/s1. The lowest BCUT2D eigenvalue weighted by molar-refractivity contribution is -0.154. The molecule has 0 aliphatic carbocycles. The summed E-state index contributed by atoms with van der Waals surface area (Å²) in [6.07, 6.45) is -2.73. The molecule has 4 heterocycles. The highest BCUT2D eigenvalue weighted by atomic mass is 16.8. The third-order valence-electron chi connectivity index (χ3n) is 5.57. The Bertz CT molecular complexity index is 1310. The van der Waals surface area contributed by atoms with Crippen molar-refractivity contribution >= 4 is 17.1 Å². The van der Waals surface area contributed by atoms with Crippen molar-refractivity contribution in [2.24, 2.45) is 0 Å². The predicted molar refractivity (Wildman–Crippen MR) is 111 cm³/mol. The van der Waals surface area contributed by atoms with Crippen LogP contribution in [0.1, 0.15) is 18.1 Å². The molecule has 2 aliphatic heterocycles. The molecule has 0 spiro atoms. The number of allylic oxidation sites excluding steroid dienone is 1. The zero-order chi connectivity index (χ0) is 22.6. The van der Waals surface area contributed by atoms with E-state index in [1.807, 2.05) is 0 Å². The van der Waals surface area contributed by atoms with Gasteiger partial charge in [-0.1, -0.05) is 18.2 Å². The number of nitrogens with two attached hydrogens (primary N) is 1. The number of anilines is 1. The molecule has 2 fully saturated rings. The van der Waals surface area contributed by atoms with Gasteiger partial charge in [0.15, 0.2) is 23.7 Å². The van der Waals surface area contributed by atoms with Crippen LogP contribution in [0, 0.1) is 0 Å². The van der Waals surface area contributed by atoms with Gasteiger partial charge in [0.05, 0.1) is 6.61 Å². The lowest BCUT2D eigenvalue weighted by atomic mass is 10.1. The number of ether oxygens (including phenoxy) is 3. The topological polar surface area (TPSA) is 167 Å². The fourth-order valence-electron chi connectivity index (χ4n) is 4.25. The molecule has 1 aromatic carbocycles. The van der Waals surface area contributed by atoms with E-state index in [0.717, 1.165) is 0 Å². The molecule has 0 radical (unpaired) electrons. The molecule has 2 saturated heterocycles. The van der Waals surface area contributed by atoms with Gasteiger partial charge in [-0.25, -0.2) is 9.36 Å². The van der Waals surface area contributed by atoms with Crippen LogP contribution >= 0.6 is 0 Å². The van der Waals surface area contributed by atoms with E-state index in [2.05, 4.69) is 16.5 Å². The van der Waals surface area contributed by atoms with Gasteiger partial charge < -0.3 is 30.2 Å². The maximum atomic E-state index is 13.3. The second-order valence-electron chi connectivity index (χ2n) is 7.55. The first-order chi connectivity index (χ1) is 15.4. The van der Waals surface area contributed by atoms with Gasteiger partial charge in [0, 0.05) is 12.1 Å². The first-order valence-electron chi connectivity index (χ1n) is 9.90. The summed E-state index contributed by atoms with van der Waals surface area (Å²) in [4.78, 5) is 32.4. The molecular weight excluding hydrogens is 422 g/mol. The van der Waals surface area contributed by atoms with Crippen LogP contribution in [0.3, 0.4) is 0 Å². The van der Waals surface area contributed by atoms with Gasteiger partial charge >= 0.3 is 5.69 Å². The average molecular weight is 443 g/mol. The highest BCUT2D eigenvalue weighted by Gasteiger charge is 2.54.